The fourth-order valence-electron chi connectivity index (χ4n) is 3.86. The van der Waals surface area contributed by atoms with Gasteiger partial charge in [0.15, 0.2) is 0 Å². The average molecular weight is 329 g/mol. The van der Waals surface area contributed by atoms with Gasteiger partial charge in [0, 0.05) is 44.8 Å². The van der Waals surface area contributed by atoms with Crippen LogP contribution in [-0.2, 0) is 11.8 Å². The lowest BCUT2D eigenvalue weighted by Crippen LogP contribution is -2.47. The van der Waals surface area contributed by atoms with Crippen molar-refractivity contribution >= 4 is 16.9 Å². The summed E-state index contributed by atoms with van der Waals surface area (Å²) < 4.78 is 7.16. The lowest BCUT2D eigenvalue weighted by Gasteiger charge is -2.33. The Hall–Kier alpha value is -1.99. The van der Waals surface area contributed by atoms with Crippen LogP contribution in [0.4, 0.5) is 0 Å². The predicted octanol–water partition coefficient (Wildman–Crippen LogP) is 0.761. The molecule has 2 aliphatic heterocycles. The van der Waals surface area contributed by atoms with E-state index in [1.165, 1.54) is 0 Å². The minimum atomic E-state index is 0.0881. The minimum Gasteiger partial charge on any atom is -0.379 e. The van der Waals surface area contributed by atoms with Gasteiger partial charge < -0.3 is 9.64 Å². The summed E-state index contributed by atoms with van der Waals surface area (Å²) in [6.07, 6.45) is 0. The van der Waals surface area contributed by atoms with E-state index in [0.29, 0.717) is 17.5 Å². The van der Waals surface area contributed by atoms with Crippen molar-refractivity contribution in [2.75, 3.05) is 39.4 Å². The zero-order valence-electron chi connectivity index (χ0n) is 14.2. The highest BCUT2D eigenvalue weighted by molar-refractivity contribution is 5.97. The number of nitrogens with zero attached hydrogens (tertiary/aromatic N) is 5. The Morgan fingerprint density at radius 2 is 2.04 bits per heavy atom. The number of amides is 1. The Morgan fingerprint density at radius 3 is 2.83 bits per heavy atom. The van der Waals surface area contributed by atoms with Gasteiger partial charge in [-0.2, -0.15) is 0 Å². The number of benzene rings is 1. The van der Waals surface area contributed by atoms with E-state index in [1.807, 2.05) is 30.1 Å². The molecule has 0 radical (unpaired) electrons. The van der Waals surface area contributed by atoms with Crippen molar-refractivity contribution in [3.63, 3.8) is 0 Å². The van der Waals surface area contributed by atoms with Gasteiger partial charge in [0.2, 0.25) is 0 Å². The van der Waals surface area contributed by atoms with Gasteiger partial charge in [-0.15, -0.1) is 5.10 Å². The first-order valence-corrected chi connectivity index (χ1v) is 8.54. The lowest BCUT2D eigenvalue weighted by molar-refractivity contribution is 0.0119. The molecular formula is C17H23N5O2. The molecule has 4 rings (SSSR count). The third kappa shape index (κ3) is 2.67. The maximum atomic E-state index is 12.9. The number of hydrogen-bond acceptors (Lipinski definition) is 5. The van der Waals surface area contributed by atoms with E-state index in [-0.39, 0.29) is 5.91 Å². The zero-order valence-corrected chi connectivity index (χ0v) is 14.2. The summed E-state index contributed by atoms with van der Waals surface area (Å²) >= 11 is 0. The van der Waals surface area contributed by atoms with Crippen molar-refractivity contribution in [2.24, 2.45) is 13.0 Å². The number of carbonyl (C=O) groups excluding carboxylic acids is 1. The first-order valence-electron chi connectivity index (χ1n) is 8.54. The van der Waals surface area contributed by atoms with Gasteiger partial charge in [-0.25, -0.2) is 4.68 Å². The summed E-state index contributed by atoms with van der Waals surface area (Å²) in [6.45, 7) is 7.34. The van der Waals surface area contributed by atoms with Crippen molar-refractivity contribution in [1.29, 1.82) is 0 Å². The molecule has 0 spiro atoms. The first kappa shape index (κ1) is 15.5. The summed E-state index contributed by atoms with van der Waals surface area (Å²) in [5.74, 6) is 0.567. The smallest absolute Gasteiger partial charge is 0.253 e. The van der Waals surface area contributed by atoms with Crippen LogP contribution in [0.3, 0.4) is 0 Å². The second-order valence-electron chi connectivity index (χ2n) is 6.82. The second-order valence-corrected chi connectivity index (χ2v) is 6.82. The molecule has 7 nitrogen and oxygen atoms in total. The molecule has 2 atom stereocenters. The average Bonchev–Trinajstić information content (AvgIpc) is 3.18. The largest absolute Gasteiger partial charge is 0.379 e. The molecule has 2 aromatic rings. The molecule has 3 heterocycles. The molecule has 1 aromatic heterocycles. The SMILES string of the molecule is C[C@H]1CN(C(=O)c2ccc3c(c2)nnn3C)C[C@@H]1N1CCOCC1. The van der Waals surface area contributed by atoms with E-state index in [9.17, 15) is 4.79 Å². The third-order valence-electron chi connectivity index (χ3n) is 5.23. The fraction of sp³-hybridized carbons (Fsp3) is 0.588. The van der Waals surface area contributed by atoms with Crippen molar-refractivity contribution in [2.45, 2.75) is 13.0 Å². The predicted molar refractivity (Wildman–Crippen MR) is 89.8 cm³/mol. The van der Waals surface area contributed by atoms with Crippen molar-refractivity contribution in [3.8, 4) is 0 Å². The van der Waals surface area contributed by atoms with Gasteiger partial charge in [0.05, 0.1) is 18.7 Å². The number of morpholine rings is 1. The van der Waals surface area contributed by atoms with E-state index in [2.05, 4.69) is 22.1 Å². The van der Waals surface area contributed by atoms with Crippen LogP contribution < -0.4 is 0 Å². The number of fused-ring (bicyclic) bond motifs is 1. The molecule has 0 N–H and O–H groups in total. The van der Waals surface area contributed by atoms with Crippen LogP contribution in [0.5, 0.6) is 0 Å². The lowest BCUT2D eigenvalue weighted by atomic mass is 10.0. The number of rotatable bonds is 2. The van der Waals surface area contributed by atoms with Gasteiger partial charge in [-0.3, -0.25) is 9.69 Å². The number of ether oxygens (including phenoxy) is 1. The van der Waals surface area contributed by atoms with Gasteiger partial charge in [0.25, 0.3) is 5.91 Å². The van der Waals surface area contributed by atoms with Crippen molar-refractivity contribution in [1.82, 2.24) is 24.8 Å². The normalized spacial score (nSPS) is 25.5. The van der Waals surface area contributed by atoms with Gasteiger partial charge >= 0.3 is 0 Å². The van der Waals surface area contributed by atoms with Gasteiger partial charge in [-0.05, 0) is 24.1 Å². The van der Waals surface area contributed by atoms with Crippen LogP contribution in [0.25, 0.3) is 11.0 Å². The topological polar surface area (TPSA) is 63.5 Å². The Balaban J connectivity index is 1.51. The molecule has 24 heavy (non-hydrogen) atoms. The highest BCUT2D eigenvalue weighted by Gasteiger charge is 2.36. The van der Waals surface area contributed by atoms with Crippen LogP contribution in [0, 0.1) is 5.92 Å². The summed E-state index contributed by atoms with van der Waals surface area (Å²) in [7, 11) is 1.85. The summed E-state index contributed by atoms with van der Waals surface area (Å²) in [5.41, 5.74) is 2.39. The number of carbonyl (C=O) groups is 1. The monoisotopic (exact) mass is 329 g/mol. The molecule has 2 fully saturated rings. The van der Waals surface area contributed by atoms with Crippen LogP contribution in [0.15, 0.2) is 18.2 Å². The number of hydrogen-bond donors (Lipinski definition) is 0. The zero-order chi connectivity index (χ0) is 16.7. The summed E-state index contributed by atoms with van der Waals surface area (Å²) in [4.78, 5) is 17.3. The third-order valence-corrected chi connectivity index (χ3v) is 5.23. The quantitative estimate of drug-likeness (QED) is 0.814. The van der Waals surface area contributed by atoms with E-state index in [1.54, 1.807) is 4.68 Å². The van der Waals surface area contributed by atoms with E-state index < -0.39 is 0 Å². The number of aryl methyl sites for hydroxylation is 1. The molecule has 0 unspecified atom stereocenters. The van der Waals surface area contributed by atoms with Gasteiger partial charge in [0.1, 0.15) is 5.52 Å². The van der Waals surface area contributed by atoms with E-state index >= 15 is 0 Å². The molecule has 0 saturated carbocycles. The molecule has 1 aromatic carbocycles. The Labute approximate surface area is 141 Å². The summed E-state index contributed by atoms with van der Waals surface area (Å²) in [5, 5.41) is 8.11. The van der Waals surface area contributed by atoms with E-state index in [0.717, 1.165) is 50.4 Å². The highest BCUT2D eigenvalue weighted by Crippen LogP contribution is 2.25. The molecule has 128 valence electrons. The number of aromatic nitrogens is 3. The maximum absolute atomic E-state index is 12.9. The standard InChI is InChI=1S/C17H23N5O2/c1-12-10-22(11-16(12)21-5-7-24-8-6-21)17(23)13-3-4-15-14(9-13)18-19-20(15)2/h3-4,9,12,16H,5-8,10-11H2,1-2H3/t12-,16-/m0/s1. The highest BCUT2D eigenvalue weighted by atomic mass is 16.5. The van der Waals surface area contributed by atoms with E-state index in [4.69, 9.17) is 4.74 Å². The second kappa shape index (κ2) is 6.14. The molecule has 7 heteroatoms. The van der Waals surface area contributed by atoms with Crippen LogP contribution >= 0.6 is 0 Å². The maximum Gasteiger partial charge on any atom is 0.253 e. The van der Waals surface area contributed by atoms with Crippen LogP contribution in [0.1, 0.15) is 17.3 Å². The minimum absolute atomic E-state index is 0.0881. The molecule has 2 aliphatic rings. The molecule has 0 aliphatic carbocycles. The summed E-state index contributed by atoms with van der Waals surface area (Å²) in [6, 6.07) is 6.07. The van der Waals surface area contributed by atoms with Gasteiger partial charge in [-0.1, -0.05) is 12.1 Å². The Morgan fingerprint density at radius 1 is 1.25 bits per heavy atom. The Bertz CT molecular complexity index is 753. The molecule has 1 amide bonds. The Kier molecular flexibility index (Phi) is 3.97. The number of likely N-dealkylation sites (tertiary alicyclic amines) is 1. The fourth-order valence-corrected chi connectivity index (χ4v) is 3.86. The first-order chi connectivity index (χ1) is 11.6. The van der Waals surface area contributed by atoms with Crippen molar-refractivity contribution < 1.29 is 9.53 Å². The molecule has 0 bridgehead atoms. The van der Waals surface area contributed by atoms with Crippen LogP contribution in [0.2, 0.25) is 0 Å². The molecule has 2 saturated heterocycles. The van der Waals surface area contributed by atoms with Crippen LogP contribution in [-0.4, -0.2) is 76.1 Å². The van der Waals surface area contributed by atoms with Crippen molar-refractivity contribution in [3.05, 3.63) is 23.8 Å². The molecular weight excluding hydrogens is 306 g/mol.